The van der Waals surface area contributed by atoms with Gasteiger partial charge in [0.2, 0.25) is 0 Å². The van der Waals surface area contributed by atoms with E-state index in [1.54, 1.807) is 0 Å². The van der Waals surface area contributed by atoms with Crippen LogP contribution in [-0.2, 0) is 0 Å². The Bertz CT molecular complexity index is 239. The highest BCUT2D eigenvalue weighted by molar-refractivity contribution is 5.46. The summed E-state index contributed by atoms with van der Waals surface area (Å²) in [4.78, 5) is 0. The van der Waals surface area contributed by atoms with Crippen molar-refractivity contribution < 1.29 is 0 Å². The lowest BCUT2D eigenvalue weighted by atomic mass is 10.2. The number of benzene rings is 1. The molecule has 0 bridgehead atoms. The normalized spacial score (nSPS) is 9.00. The van der Waals surface area contributed by atoms with Gasteiger partial charge in [-0.25, -0.2) is 0 Å². The molecule has 0 spiro atoms. The SMILES string of the molecule is C=Cc1ccc(C)cc1.CCCCCC. The Morgan fingerprint density at radius 1 is 1.00 bits per heavy atom. The predicted molar refractivity (Wildman–Crippen MR) is 71.1 cm³/mol. The van der Waals surface area contributed by atoms with Gasteiger partial charge < -0.3 is 0 Å². The number of unbranched alkanes of at least 4 members (excludes halogenated alkanes) is 3. The zero-order valence-corrected chi connectivity index (χ0v) is 10.4. The standard InChI is InChI=1S/C9H10.C6H14/c1-3-9-6-4-8(2)5-7-9;1-3-5-6-4-2/h3-7H,1H2,2H3;3-6H2,1-2H3. The molecule has 15 heavy (non-hydrogen) atoms. The third-order valence-corrected chi connectivity index (χ3v) is 2.27. The van der Waals surface area contributed by atoms with Crippen LogP contribution in [0.15, 0.2) is 30.8 Å². The van der Waals surface area contributed by atoms with Crippen LogP contribution in [0.3, 0.4) is 0 Å². The van der Waals surface area contributed by atoms with Gasteiger partial charge in [0, 0.05) is 0 Å². The van der Waals surface area contributed by atoms with Gasteiger partial charge in [-0.2, -0.15) is 0 Å². The third-order valence-electron chi connectivity index (χ3n) is 2.27. The molecule has 0 saturated heterocycles. The Balaban J connectivity index is 0.000000288. The largest absolute Gasteiger partial charge is 0.0985 e. The van der Waals surface area contributed by atoms with E-state index in [0.717, 1.165) is 0 Å². The zero-order chi connectivity index (χ0) is 11.5. The van der Waals surface area contributed by atoms with Crippen LogP contribution in [0.5, 0.6) is 0 Å². The maximum Gasteiger partial charge on any atom is -0.0262 e. The quantitative estimate of drug-likeness (QED) is 0.589. The van der Waals surface area contributed by atoms with Crippen LogP contribution in [0.4, 0.5) is 0 Å². The predicted octanol–water partition coefficient (Wildman–Crippen LogP) is 5.22. The highest BCUT2D eigenvalue weighted by Crippen LogP contribution is 2.02. The number of hydrogen-bond acceptors (Lipinski definition) is 0. The van der Waals surface area contributed by atoms with Gasteiger partial charge in [0.25, 0.3) is 0 Å². The van der Waals surface area contributed by atoms with Gasteiger partial charge in [0.05, 0.1) is 0 Å². The van der Waals surface area contributed by atoms with Crippen molar-refractivity contribution >= 4 is 6.08 Å². The molecular weight excluding hydrogens is 180 g/mol. The van der Waals surface area contributed by atoms with E-state index < -0.39 is 0 Å². The molecule has 0 aromatic heterocycles. The van der Waals surface area contributed by atoms with Crippen molar-refractivity contribution in [2.75, 3.05) is 0 Å². The van der Waals surface area contributed by atoms with Crippen LogP contribution in [0.2, 0.25) is 0 Å². The molecule has 0 aliphatic carbocycles. The second kappa shape index (κ2) is 9.51. The second-order valence-electron chi connectivity index (χ2n) is 3.82. The van der Waals surface area contributed by atoms with Crippen LogP contribution in [-0.4, -0.2) is 0 Å². The molecule has 0 unspecified atom stereocenters. The van der Waals surface area contributed by atoms with Gasteiger partial charge in [0.1, 0.15) is 0 Å². The molecule has 0 aliphatic heterocycles. The lowest BCUT2D eigenvalue weighted by molar-refractivity contribution is 0.702. The Labute approximate surface area is 95.0 Å². The molecule has 1 aromatic rings. The van der Waals surface area contributed by atoms with Gasteiger partial charge in [-0.1, -0.05) is 82.0 Å². The van der Waals surface area contributed by atoms with E-state index in [4.69, 9.17) is 0 Å². The Hall–Kier alpha value is -1.04. The van der Waals surface area contributed by atoms with Gasteiger partial charge in [-0.15, -0.1) is 0 Å². The van der Waals surface area contributed by atoms with Crippen molar-refractivity contribution in [2.45, 2.75) is 46.5 Å². The van der Waals surface area contributed by atoms with Gasteiger partial charge in [-0.3, -0.25) is 0 Å². The Kier molecular flexibility index (Phi) is 8.85. The first kappa shape index (κ1) is 14.0. The topological polar surface area (TPSA) is 0 Å². The fourth-order valence-electron chi connectivity index (χ4n) is 1.20. The molecule has 0 heterocycles. The average Bonchev–Trinajstić information content (AvgIpc) is 2.28. The fourth-order valence-corrected chi connectivity index (χ4v) is 1.20. The van der Waals surface area contributed by atoms with Crippen molar-refractivity contribution in [3.63, 3.8) is 0 Å². The number of hydrogen-bond donors (Lipinski definition) is 0. The van der Waals surface area contributed by atoms with Crippen molar-refractivity contribution in [2.24, 2.45) is 0 Å². The van der Waals surface area contributed by atoms with E-state index in [1.165, 1.54) is 36.8 Å². The third kappa shape index (κ3) is 7.99. The van der Waals surface area contributed by atoms with Crippen molar-refractivity contribution in [3.05, 3.63) is 42.0 Å². The summed E-state index contributed by atoms with van der Waals surface area (Å²) < 4.78 is 0. The molecule has 0 atom stereocenters. The molecule has 0 saturated carbocycles. The lowest BCUT2D eigenvalue weighted by Crippen LogP contribution is -1.71. The molecule has 0 amide bonds. The lowest BCUT2D eigenvalue weighted by Gasteiger charge is -1.91. The van der Waals surface area contributed by atoms with Crippen molar-refractivity contribution in [1.29, 1.82) is 0 Å². The van der Waals surface area contributed by atoms with E-state index in [-0.39, 0.29) is 0 Å². The summed E-state index contributed by atoms with van der Waals surface area (Å²) in [5.41, 5.74) is 2.47. The fraction of sp³-hybridized carbons (Fsp3) is 0.467. The van der Waals surface area contributed by atoms with Crippen LogP contribution in [0.1, 0.15) is 50.7 Å². The molecule has 0 N–H and O–H groups in total. The summed E-state index contributed by atoms with van der Waals surface area (Å²) in [7, 11) is 0. The maximum atomic E-state index is 3.66. The monoisotopic (exact) mass is 204 g/mol. The summed E-state index contributed by atoms with van der Waals surface area (Å²) in [6.45, 7) is 10.2. The van der Waals surface area contributed by atoms with Crippen LogP contribution < -0.4 is 0 Å². The van der Waals surface area contributed by atoms with Crippen LogP contribution in [0, 0.1) is 6.92 Å². The minimum Gasteiger partial charge on any atom is -0.0985 e. The minimum absolute atomic E-state index is 1.18. The van der Waals surface area contributed by atoms with Crippen LogP contribution >= 0.6 is 0 Å². The second-order valence-corrected chi connectivity index (χ2v) is 3.82. The molecule has 1 rings (SSSR count). The summed E-state index contributed by atoms with van der Waals surface area (Å²) in [6, 6.07) is 8.28. The summed E-state index contributed by atoms with van der Waals surface area (Å²) >= 11 is 0. The first-order valence-electron chi connectivity index (χ1n) is 5.93. The van der Waals surface area contributed by atoms with Crippen molar-refractivity contribution in [1.82, 2.24) is 0 Å². The van der Waals surface area contributed by atoms with E-state index in [0.29, 0.717) is 0 Å². The highest BCUT2D eigenvalue weighted by Gasteiger charge is 1.82. The average molecular weight is 204 g/mol. The first-order chi connectivity index (χ1) is 7.24. The maximum absolute atomic E-state index is 3.66. The Morgan fingerprint density at radius 2 is 1.47 bits per heavy atom. The van der Waals surface area contributed by atoms with E-state index in [9.17, 15) is 0 Å². The number of aryl methyl sites for hydroxylation is 1. The highest BCUT2D eigenvalue weighted by atomic mass is 13.9. The smallest absolute Gasteiger partial charge is 0.0262 e. The van der Waals surface area contributed by atoms with Crippen LogP contribution in [0.25, 0.3) is 6.08 Å². The molecular formula is C15H24. The molecule has 1 aromatic carbocycles. The van der Waals surface area contributed by atoms with E-state index in [1.807, 2.05) is 6.08 Å². The molecule has 0 nitrogen and oxygen atoms in total. The summed E-state index contributed by atoms with van der Waals surface area (Å²) in [5, 5.41) is 0. The molecule has 0 radical (unpaired) electrons. The van der Waals surface area contributed by atoms with E-state index in [2.05, 4.69) is 51.6 Å². The van der Waals surface area contributed by atoms with E-state index >= 15 is 0 Å². The first-order valence-corrected chi connectivity index (χ1v) is 5.93. The zero-order valence-electron chi connectivity index (χ0n) is 10.4. The molecule has 0 heteroatoms. The van der Waals surface area contributed by atoms with Gasteiger partial charge in [-0.05, 0) is 12.5 Å². The summed E-state index contributed by atoms with van der Waals surface area (Å²) in [6.07, 6.45) is 7.38. The molecule has 0 aliphatic rings. The van der Waals surface area contributed by atoms with Crippen molar-refractivity contribution in [3.8, 4) is 0 Å². The number of rotatable bonds is 4. The Morgan fingerprint density at radius 3 is 1.80 bits per heavy atom. The van der Waals surface area contributed by atoms with Gasteiger partial charge >= 0.3 is 0 Å². The summed E-state index contributed by atoms with van der Waals surface area (Å²) in [5.74, 6) is 0. The van der Waals surface area contributed by atoms with Gasteiger partial charge in [0.15, 0.2) is 0 Å². The molecule has 84 valence electrons. The molecule has 0 fully saturated rings. The minimum atomic E-state index is 1.18.